The molecule has 0 radical (unpaired) electrons. The van der Waals surface area contributed by atoms with Gasteiger partial charge in [-0.2, -0.15) is 13.2 Å². The summed E-state index contributed by atoms with van der Waals surface area (Å²) in [4.78, 5) is 0. The van der Waals surface area contributed by atoms with Gasteiger partial charge in [-0.1, -0.05) is 0 Å². The van der Waals surface area contributed by atoms with E-state index in [1.165, 1.54) is 6.07 Å². The van der Waals surface area contributed by atoms with Crippen LogP contribution in [0.25, 0.3) is 0 Å². The third-order valence-corrected chi connectivity index (χ3v) is 1.62. The van der Waals surface area contributed by atoms with Crippen molar-refractivity contribution in [1.82, 2.24) is 0 Å². The number of halogens is 3. The normalized spacial score (nSPS) is 11.5. The molecule has 84 valence electrons. The molecule has 15 heavy (non-hydrogen) atoms. The zero-order valence-electron chi connectivity index (χ0n) is 7.71. The second-order valence-corrected chi connectivity index (χ2v) is 2.86. The number of ether oxygens (including phenoxy) is 1. The number of hydrogen-bond acceptors (Lipinski definition) is 3. The van der Waals surface area contributed by atoms with E-state index in [2.05, 4.69) is 0 Å². The lowest BCUT2D eigenvalue weighted by atomic mass is 10.2. The second kappa shape index (κ2) is 4.39. The Kier molecular flexibility index (Phi) is 3.41. The van der Waals surface area contributed by atoms with Crippen LogP contribution in [0.3, 0.4) is 0 Å². The summed E-state index contributed by atoms with van der Waals surface area (Å²) < 4.78 is 41.8. The summed E-state index contributed by atoms with van der Waals surface area (Å²) in [5, 5.41) is 8.45. The van der Waals surface area contributed by atoms with E-state index < -0.39 is 11.7 Å². The lowest BCUT2D eigenvalue weighted by Crippen LogP contribution is -2.08. The third kappa shape index (κ3) is 3.32. The number of alkyl halides is 3. The SMILES string of the molecule is Nc1cc(OCCO)cc(C(F)(F)F)c1. The predicted molar refractivity (Wildman–Crippen MR) is 48.4 cm³/mol. The summed E-state index contributed by atoms with van der Waals surface area (Å²) in [5.74, 6) is -0.00336. The highest BCUT2D eigenvalue weighted by Crippen LogP contribution is 2.33. The van der Waals surface area contributed by atoms with Gasteiger partial charge < -0.3 is 15.6 Å². The van der Waals surface area contributed by atoms with E-state index in [-0.39, 0.29) is 24.7 Å². The van der Waals surface area contributed by atoms with Gasteiger partial charge >= 0.3 is 6.18 Å². The summed E-state index contributed by atoms with van der Waals surface area (Å²) in [6.45, 7) is -0.336. The zero-order chi connectivity index (χ0) is 11.5. The van der Waals surface area contributed by atoms with Gasteiger partial charge in [-0.3, -0.25) is 0 Å². The maximum Gasteiger partial charge on any atom is 0.416 e. The maximum absolute atomic E-state index is 12.3. The average Bonchev–Trinajstić information content (AvgIpc) is 2.12. The highest BCUT2D eigenvalue weighted by atomic mass is 19.4. The largest absolute Gasteiger partial charge is 0.491 e. The Morgan fingerprint density at radius 1 is 1.27 bits per heavy atom. The van der Waals surface area contributed by atoms with Gasteiger partial charge in [0.05, 0.1) is 12.2 Å². The Bertz CT molecular complexity index is 339. The third-order valence-electron chi connectivity index (χ3n) is 1.62. The molecule has 0 aliphatic carbocycles. The van der Waals surface area contributed by atoms with E-state index >= 15 is 0 Å². The van der Waals surface area contributed by atoms with Gasteiger partial charge in [0, 0.05) is 11.8 Å². The van der Waals surface area contributed by atoms with Crippen molar-refractivity contribution >= 4 is 5.69 Å². The maximum atomic E-state index is 12.3. The Labute approximate surface area is 84.3 Å². The van der Waals surface area contributed by atoms with Gasteiger partial charge in [0.2, 0.25) is 0 Å². The van der Waals surface area contributed by atoms with Crippen molar-refractivity contribution in [2.75, 3.05) is 18.9 Å². The smallest absolute Gasteiger partial charge is 0.416 e. The fraction of sp³-hybridized carbons (Fsp3) is 0.333. The molecule has 0 aliphatic rings. The van der Waals surface area contributed by atoms with E-state index in [4.69, 9.17) is 15.6 Å². The van der Waals surface area contributed by atoms with Gasteiger partial charge in [-0.05, 0) is 12.1 Å². The molecule has 1 aromatic rings. The molecule has 0 spiro atoms. The molecule has 1 aromatic carbocycles. The molecule has 0 bridgehead atoms. The lowest BCUT2D eigenvalue weighted by molar-refractivity contribution is -0.137. The van der Waals surface area contributed by atoms with E-state index in [9.17, 15) is 13.2 Å². The number of nitrogen functional groups attached to an aromatic ring is 1. The predicted octanol–water partition coefficient (Wildman–Crippen LogP) is 1.66. The van der Waals surface area contributed by atoms with Gasteiger partial charge in [0.15, 0.2) is 0 Å². The quantitative estimate of drug-likeness (QED) is 0.763. The lowest BCUT2D eigenvalue weighted by Gasteiger charge is -2.10. The molecular weight excluding hydrogens is 211 g/mol. The first kappa shape index (κ1) is 11.6. The fourth-order valence-electron chi connectivity index (χ4n) is 1.03. The van der Waals surface area contributed by atoms with E-state index in [1.54, 1.807) is 0 Å². The van der Waals surface area contributed by atoms with Crippen molar-refractivity contribution in [3.8, 4) is 5.75 Å². The van der Waals surface area contributed by atoms with Gasteiger partial charge in [0.25, 0.3) is 0 Å². The number of rotatable bonds is 3. The van der Waals surface area contributed by atoms with Crippen molar-refractivity contribution in [1.29, 1.82) is 0 Å². The summed E-state index contributed by atoms with van der Waals surface area (Å²) in [5.41, 5.74) is 4.39. The van der Waals surface area contributed by atoms with Crippen molar-refractivity contribution in [2.24, 2.45) is 0 Å². The van der Waals surface area contributed by atoms with Crippen LogP contribution in [0.4, 0.5) is 18.9 Å². The van der Waals surface area contributed by atoms with Crippen LogP contribution in [0.5, 0.6) is 5.75 Å². The average molecular weight is 221 g/mol. The van der Waals surface area contributed by atoms with Crippen LogP contribution in [0.1, 0.15) is 5.56 Å². The van der Waals surface area contributed by atoms with Crippen LogP contribution in [0, 0.1) is 0 Å². The summed E-state index contributed by atoms with van der Waals surface area (Å²) in [7, 11) is 0. The first-order chi connectivity index (χ1) is 6.93. The van der Waals surface area contributed by atoms with Crippen molar-refractivity contribution in [2.45, 2.75) is 6.18 Å². The van der Waals surface area contributed by atoms with Crippen LogP contribution in [-0.2, 0) is 6.18 Å². The first-order valence-corrected chi connectivity index (χ1v) is 4.15. The van der Waals surface area contributed by atoms with E-state index in [0.717, 1.165) is 12.1 Å². The van der Waals surface area contributed by atoms with Gasteiger partial charge in [-0.25, -0.2) is 0 Å². The minimum absolute atomic E-state index is 0.00336. The number of aliphatic hydroxyl groups is 1. The molecule has 6 heteroatoms. The zero-order valence-corrected chi connectivity index (χ0v) is 7.71. The molecule has 0 atom stereocenters. The van der Waals surface area contributed by atoms with Crippen molar-refractivity contribution < 1.29 is 23.0 Å². The number of aliphatic hydroxyl groups excluding tert-OH is 1. The van der Waals surface area contributed by atoms with Crippen molar-refractivity contribution in [3.05, 3.63) is 23.8 Å². The number of hydrogen-bond donors (Lipinski definition) is 2. The molecule has 0 heterocycles. The van der Waals surface area contributed by atoms with Crippen LogP contribution in [0.15, 0.2) is 18.2 Å². The highest BCUT2D eigenvalue weighted by molar-refractivity contribution is 5.48. The first-order valence-electron chi connectivity index (χ1n) is 4.15. The van der Waals surface area contributed by atoms with Gasteiger partial charge in [0.1, 0.15) is 12.4 Å². The molecule has 0 saturated heterocycles. The Hall–Kier alpha value is -1.43. The molecule has 0 amide bonds. The summed E-state index contributed by atoms with van der Waals surface area (Å²) in [6.07, 6.45) is -4.45. The van der Waals surface area contributed by atoms with Crippen LogP contribution in [-0.4, -0.2) is 18.3 Å². The monoisotopic (exact) mass is 221 g/mol. The van der Waals surface area contributed by atoms with Gasteiger partial charge in [-0.15, -0.1) is 0 Å². The highest BCUT2D eigenvalue weighted by Gasteiger charge is 2.31. The molecule has 3 N–H and O–H groups in total. The fourth-order valence-corrected chi connectivity index (χ4v) is 1.03. The molecule has 1 rings (SSSR count). The molecule has 3 nitrogen and oxygen atoms in total. The minimum atomic E-state index is -4.45. The summed E-state index contributed by atoms with van der Waals surface area (Å²) >= 11 is 0. The molecular formula is C9H10F3NO2. The molecule has 0 unspecified atom stereocenters. The van der Waals surface area contributed by atoms with Crippen LogP contribution in [0.2, 0.25) is 0 Å². The standard InChI is InChI=1S/C9H10F3NO2/c10-9(11,12)6-3-7(13)5-8(4-6)15-2-1-14/h3-5,14H,1-2,13H2. The molecule has 0 aromatic heterocycles. The molecule has 0 fully saturated rings. The van der Waals surface area contributed by atoms with Crippen molar-refractivity contribution in [3.63, 3.8) is 0 Å². The Morgan fingerprint density at radius 3 is 2.47 bits per heavy atom. The molecule has 0 aliphatic heterocycles. The van der Waals surface area contributed by atoms with E-state index in [1.807, 2.05) is 0 Å². The summed E-state index contributed by atoms with van der Waals surface area (Å²) in [6, 6.07) is 2.93. The topological polar surface area (TPSA) is 55.5 Å². The van der Waals surface area contributed by atoms with Crippen LogP contribution >= 0.6 is 0 Å². The molecule has 0 saturated carbocycles. The number of anilines is 1. The Morgan fingerprint density at radius 2 is 1.93 bits per heavy atom. The second-order valence-electron chi connectivity index (χ2n) is 2.86. The minimum Gasteiger partial charge on any atom is -0.491 e. The Balaban J connectivity index is 2.95. The number of nitrogens with two attached hydrogens (primary N) is 1. The number of benzene rings is 1. The van der Waals surface area contributed by atoms with E-state index in [0.29, 0.717) is 0 Å². The van der Waals surface area contributed by atoms with Crippen LogP contribution < -0.4 is 10.5 Å².